The minimum Gasteiger partial charge on any atom is -0.397 e. The van der Waals surface area contributed by atoms with Gasteiger partial charge >= 0.3 is 0 Å². The van der Waals surface area contributed by atoms with Crippen LogP contribution in [0, 0.1) is 6.92 Å². The van der Waals surface area contributed by atoms with Crippen LogP contribution >= 0.6 is 0 Å². The molecule has 0 fully saturated rings. The van der Waals surface area contributed by atoms with Crippen LogP contribution in [0.3, 0.4) is 0 Å². The highest BCUT2D eigenvalue weighted by Crippen LogP contribution is 2.27. The maximum atomic E-state index is 11.5. The van der Waals surface area contributed by atoms with Gasteiger partial charge in [0.1, 0.15) is 0 Å². The third-order valence-corrected chi connectivity index (χ3v) is 3.94. The summed E-state index contributed by atoms with van der Waals surface area (Å²) < 4.78 is 23.1. The van der Waals surface area contributed by atoms with E-state index in [2.05, 4.69) is 4.98 Å². The lowest BCUT2D eigenvalue weighted by molar-refractivity contribution is 0.602. The molecule has 0 saturated heterocycles. The normalized spacial score (nSPS) is 11.4. The topological polar surface area (TPSA) is 73.0 Å². The molecular weight excluding hydrogens is 248 g/mol. The molecule has 0 spiro atoms. The lowest BCUT2D eigenvalue weighted by Gasteiger charge is -2.08. The first kappa shape index (κ1) is 12.6. The van der Waals surface area contributed by atoms with E-state index < -0.39 is 9.84 Å². The third kappa shape index (κ3) is 2.36. The Hall–Kier alpha value is -1.88. The zero-order valence-electron chi connectivity index (χ0n) is 10.2. The van der Waals surface area contributed by atoms with Crippen molar-refractivity contribution in [2.45, 2.75) is 11.8 Å². The zero-order valence-corrected chi connectivity index (χ0v) is 11.0. The Kier molecular flexibility index (Phi) is 3.09. The number of anilines is 1. The minimum atomic E-state index is -3.21. The summed E-state index contributed by atoms with van der Waals surface area (Å²) in [5, 5.41) is 0. The third-order valence-electron chi connectivity index (χ3n) is 2.83. The standard InChI is InChI=1S/C13H14N2O2S/c1-9-12(7-15-8-13(9)14)10-4-3-5-11(6-10)18(2,16)17/h3-8H,14H2,1-2H3. The molecule has 1 aromatic heterocycles. The van der Waals surface area contributed by atoms with Crippen LogP contribution in [0.15, 0.2) is 41.6 Å². The lowest BCUT2D eigenvalue weighted by atomic mass is 10.0. The number of aromatic nitrogens is 1. The Labute approximate surface area is 106 Å². The summed E-state index contributed by atoms with van der Waals surface area (Å²) in [7, 11) is -3.21. The van der Waals surface area contributed by atoms with Crippen LogP contribution in [0.2, 0.25) is 0 Å². The molecule has 0 saturated carbocycles. The van der Waals surface area contributed by atoms with Crippen molar-refractivity contribution in [1.82, 2.24) is 4.98 Å². The first-order valence-corrected chi connectivity index (χ1v) is 7.29. The van der Waals surface area contributed by atoms with E-state index in [0.717, 1.165) is 16.7 Å². The predicted molar refractivity (Wildman–Crippen MR) is 71.9 cm³/mol. The van der Waals surface area contributed by atoms with E-state index in [1.165, 1.54) is 6.26 Å². The number of nitrogen functional groups attached to an aromatic ring is 1. The second kappa shape index (κ2) is 4.42. The summed E-state index contributed by atoms with van der Waals surface area (Å²) in [6, 6.07) is 6.78. The van der Waals surface area contributed by atoms with E-state index in [1.54, 1.807) is 30.6 Å². The lowest BCUT2D eigenvalue weighted by Crippen LogP contribution is -1.98. The average molecular weight is 262 g/mol. The number of pyridine rings is 1. The van der Waals surface area contributed by atoms with Gasteiger partial charge in [-0.05, 0) is 30.2 Å². The first-order valence-electron chi connectivity index (χ1n) is 5.40. The molecule has 0 atom stereocenters. The Morgan fingerprint density at radius 2 is 1.94 bits per heavy atom. The molecule has 1 heterocycles. The number of hydrogen-bond acceptors (Lipinski definition) is 4. The summed E-state index contributed by atoms with van der Waals surface area (Å²) >= 11 is 0. The van der Waals surface area contributed by atoms with Gasteiger partial charge in [-0.15, -0.1) is 0 Å². The fourth-order valence-corrected chi connectivity index (χ4v) is 2.39. The molecule has 0 aliphatic carbocycles. The number of hydrogen-bond donors (Lipinski definition) is 1. The molecule has 2 rings (SSSR count). The highest BCUT2D eigenvalue weighted by molar-refractivity contribution is 7.90. The highest BCUT2D eigenvalue weighted by atomic mass is 32.2. The van der Waals surface area contributed by atoms with Gasteiger partial charge in [-0.3, -0.25) is 4.98 Å². The quantitative estimate of drug-likeness (QED) is 0.899. The van der Waals surface area contributed by atoms with Gasteiger partial charge in [0.2, 0.25) is 0 Å². The van der Waals surface area contributed by atoms with Crippen LogP contribution in [-0.4, -0.2) is 19.7 Å². The van der Waals surface area contributed by atoms with Gasteiger partial charge < -0.3 is 5.73 Å². The molecule has 0 aliphatic heterocycles. The van der Waals surface area contributed by atoms with Crippen LogP contribution in [-0.2, 0) is 9.84 Å². The van der Waals surface area contributed by atoms with E-state index in [1.807, 2.05) is 13.0 Å². The molecule has 0 unspecified atom stereocenters. The maximum Gasteiger partial charge on any atom is 0.175 e. The number of benzene rings is 1. The summed E-state index contributed by atoms with van der Waals surface area (Å²) in [6.45, 7) is 1.89. The van der Waals surface area contributed by atoms with Gasteiger partial charge in [-0.1, -0.05) is 12.1 Å². The van der Waals surface area contributed by atoms with Gasteiger partial charge in [0.25, 0.3) is 0 Å². The number of rotatable bonds is 2. The fraction of sp³-hybridized carbons (Fsp3) is 0.154. The number of nitrogens with zero attached hydrogens (tertiary/aromatic N) is 1. The van der Waals surface area contributed by atoms with Crippen LogP contribution in [0.5, 0.6) is 0 Å². The number of sulfone groups is 1. The molecule has 2 aromatic rings. The Morgan fingerprint density at radius 3 is 2.61 bits per heavy atom. The van der Waals surface area contributed by atoms with Gasteiger partial charge in [0.05, 0.1) is 16.8 Å². The highest BCUT2D eigenvalue weighted by Gasteiger charge is 2.10. The van der Waals surface area contributed by atoms with Crippen molar-refractivity contribution >= 4 is 15.5 Å². The van der Waals surface area contributed by atoms with Crippen molar-refractivity contribution in [3.8, 4) is 11.1 Å². The Bertz CT molecular complexity index is 694. The monoisotopic (exact) mass is 262 g/mol. The average Bonchev–Trinajstić information content (AvgIpc) is 2.32. The van der Waals surface area contributed by atoms with Gasteiger partial charge in [-0.2, -0.15) is 0 Å². The Balaban J connectivity index is 2.62. The largest absolute Gasteiger partial charge is 0.397 e. The maximum absolute atomic E-state index is 11.5. The van der Waals surface area contributed by atoms with Crippen molar-refractivity contribution in [2.75, 3.05) is 12.0 Å². The molecule has 0 amide bonds. The Morgan fingerprint density at radius 1 is 1.22 bits per heavy atom. The van der Waals surface area contributed by atoms with Gasteiger partial charge in [0.15, 0.2) is 9.84 Å². The van der Waals surface area contributed by atoms with Crippen LogP contribution in [0.25, 0.3) is 11.1 Å². The van der Waals surface area contributed by atoms with E-state index in [-0.39, 0.29) is 0 Å². The van der Waals surface area contributed by atoms with E-state index in [9.17, 15) is 8.42 Å². The van der Waals surface area contributed by atoms with Crippen molar-refractivity contribution in [3.63, 3.8) is 0 Å². The molecular formula is C13H14N2O2S. The molecule has 5 heteroatoms. The minimum absolute atomic E-state index is 0.293. The predicted octanol–water partition coefficient (Wildman–Crippen LogP) is 2.04. The molecule has 1 aromatic carbocycles. The van der Waals surface area contributed by atoms with E-state index in [0.29, 0.717) is 10.6 Å². The molecule has 0 radical (unpaired) electrons. The summed E-state index contributed by atoms with van der Waals surface area (Å²) in [4.78, 5) is 4.33. The molecule has 18 heavy (non-hydrogen) atoms. The summed E-state index contributed by atoms with van der Waals surface area (Å²) in [6.07, 6.45) is 4.46. The van der Waals surface area contributed by atoms with Crippen molar-refractivity contribution in [1.29, 1.82) is 0 Å². The first-order chi connectivity index (χ1) is 8.39. The van der Waals surface area contributed by atoms with E-state index >= 15 is 0 Å². The SMILES string of the molecule is Cc1c(N)cncc1-c1cccc(S(C)(=O)=O)c1. The smallest absolute Gasteiger partial charge is 0.175 e. The molecule has 4 nitrogen and oxygen atoms in total. The summed E-state index contributed by atoms with van der Waals surface area (Å²) in [5.41, 5.74) is 8.94. The van der Waals surface area contributed by atoms with Crippen LogP contribution in [0.4, 0.5) is 5.69 Å². The van der Waals surface area contributed by atoms with Crippen molar-refractivity contribution in [2.24, 2.45) is 0 Å². The van der Waals surface area contributed by atoms with Crippen molar-refractivity contribution in [3.05, 3.63) is 42.2 Å². The van der Waals surface area contributed by atoms with E-state index in [4.69, 9.17) is 5.73 Å². The molecule has 2 N–H and O–H groups in total. The van der Waals surface area contributed by atoms with Crippen molar-refractivity contribution < 1.29 is 8.42 Å². The molecule has 94 valence electrons. The van der Waals surface area contributed by atoms with Crippen LogP contribution in [0.1, 0.15) is 5.56 Å². The van der Waals surface area contributed by atoms with Crippen LogP contribution < -0.4 is 5.73 Å². The summed E-state index contributed by atoms with van der Waals surface area (Å²) in [5.74, 6) is 0. The second-order valence-electron chi connectivity index (χ2n) is 4.20. The van der Waals surface area contributed by atoms with Gasteiger partial charge in [-0.25, -0.2) is 8.42 Å². The molecule has 0 bridgehead atoms. The number of nitrogens with two attached hydrogens (primary N) is 1. The fourth-order valence-electron chi connectivity index (χ4n) is 1.73. The zero-order chi connectivity index (χ0) is 13.3. The second-order valence-corrected chi connectivity index (χ2v) is 6.22. The molecule has 0 aliphatic rings. The van der Waals surface area contributed by atoms with Gasteiger partial charge in [0, 0.05) is 18.0 Å².